The van der Waals surface area contributed by atoms with Crippen molar-refractivity contribution in [3.8, 4) is 10.9 Å². The van der Waals surface area contributed by atoms with Crippen molar-refractivity contribution in [1.82, 2.24) is 4.98 Å². The van der Waals surface area contributed by atoms with Crippen molar-refractivity contribution in [2.75, 3.05) is 0 Å². The third kappa shape index (κ3) is 2.51. The van der Waals surface area contributed by atoms with Crippen LogP contribution in [0.5, 0.6) is 10.9 Å². The maximum absolute atomic E-state index is 13.1. The van der Waals surface area contributed by atoms with Gasteiger partial charge in [0.25, 0.3) is 5.19 Å². The van der Waals surface area contributed by atoms with Crippen LogP contribution in [-0.2, 0) is 0 Å². The SMILES string of the molecule is Fc1ccc(Oc2nc(Br)cs2)c(F)c1. The van der Waals surface area contributed by atoms with E-state index < -0.39 is 11.6 Å². The van der Waals surface area contributed by atoms with Gasteiger partial charge in [0.2, 0.25) is 0 Å². The summed E-state index contributed by atoms with van der Waals surface area (Å²) in [5.41, 5.74) is 0. The van der Waals surface area contributed by atoms with Gasteiger partial charge in [0.05, 0.1) is 0 Å². The third-order valence-electron chi connectivity index (χ3n) is 1.55. The molecule has 0 aliphatic heterocycles. The molecule has 78 valence electrons. The van der Waals surface area contributed by atoms with Crippen molar-refractivity contribution < 1.29 is 13.5 Å². The first kappa shape index (κ1) is 10.5. The Morgan fingerprint density at radius 3 is 2.73 bits per heavy atom. The molecule has 0 spiro atoms. The molecule has 0 unspecified atom stereocenters. The highest BCUT2D eigenvalue weighted by Gasteiger charge is 2.08. The summed E-state index contributed by atoms with van der Waals surface area (Å²) in [6.07, 6.45) is 0. The maximum Gasteiger partial charge on any atom is 0.279 e. The van der Waals surface area contributed by atoms with Gasteiger partial charge in [0.15, 0.2) is 11.6 Å². The molecule has 0 amide bonds. The van der Waals surface area contributed by atoms with Crippen molar-refractivity contribution in [3.63, 3.8) is 0 Å². The zero-order valence-electron chi connectivity index (χ0n) is 7.21. The van der Waals surface area contributed by atoms with Gasteiger partial charge in [-0.2, -0.15) is 4.98 Å². The molecular formula is C9H4BrF2NOS. The van der Waals surface area contributed by atoms with Crippen LogP contribution >= 0.6 is 27.3 Å². The number of benzene rings is 1. The van der Waals surface area contributed by atoms with E-state index in [0.29, 0.717) is 9.80 Å². The maximum atomic E-state index is 13.1. The van der Waals surface area contributed by atoms with Crippen molar-refractivity contribution in [3.05, 3.63) is 39.8 Å². The van der Waals surface area contributed by atoms with Crippen LogP contribution in [0, 0.1) is 11.6 Å². The third-order valence-corrected chi connectivity index (χ3v) is 2.97. The summed E-state index contributed by atoms with van der Waals surface area (Å²) in [6.45, 7) is 0. The van der Waals surface area contributed by atoms with Gasteiger partial charge < -0.3 is 4.74 Å². The van der Waals surface area contributed by atoms with E-state index in [0.717, 1.165) is 12.1 Å². The fourth-order valence-corrected chi connectivity index (χ4v) is 2.04. The monoisotopic (exact) mass is 291 g/mol. The highest BCUT2D eigenvalue weighted by atomic mass is 79.9. The average molecular weight is 292 g/mol. The molecular weight excluding hydrogens is 288 g/mol. The molecule has 6 heteroatoms. The van der Waals surface area contributed by atoms with Crippen LogP contribution < -0.4 is 4.74 Å². The number of halogens is 3. The van der Waals surface area contributed by atoms with Gasteiger partial charge in [-0.25, -0.2) is 8.78 Å². The fourth-order valence-electron chi connectivity index (χ4n) is 0.938. The molecule has 1 aromatic heterocycles. The summed E-state index contributed by atoms with van der Waals surface area (Å²) in [6, 6.07) is 3.11. The lowest BCUT2D eigenvalue weighted by atomic mass is 10.3. The van der Waals surface area contributed by atoms with Crippen molar-refractivity contribution >= 4 is 27.3 Å². The zero-order valence-corrected chi connectivity index (χ0v) is 9.61. The molecule has 0 saturated carbocycles. The summed E-state index contributed by atoms with van der Waals surface area (Å²) >= 11 is 4.36. The molecule has 0 saturated heterocycles. The Morgan fingerprint density at radius 2 is 2.13 bits per heavy atom. The van der Waals surface area contributed by atoms with Crippen LogP contribution in [0.2, 0.25) is 0 Å². The second-order valence-corrected chi connectivity index (χ2v) is 4.25. The summed E-state index contributed by atoms with van der Waals surface area (Å²) in [5.74, 6) is -1.43. The second kappa shape index (κ2) is 4.24. The van der Waals surface area contributed by atoms with E-state index in [1.54, 1.807) is 5.38 Å². The Labute approximate surface area is 96.7 Å². The molecule has 0 fully saturated rings. The van der Waals surface area contributed by atoms with Gasteiger partial charge in [-0.3, -0.25) is 0 Å². The molecule has 2 nitrogen and oxygen atoms in total. The van der Waals surface area contributed by atoms with E-state index in [-0.39, 0.29) is 5.75 Å². The lowest BCUT2D eigenvalue weighted by molar-refractivity contribution is 0.434. The number of rotatable bonds is 2. The standard InChI is InChI=1S/C9H4BrF2NOS/c10-8-4-15-9(13-8)14-7-2-1-5(11)3-6(7)12/h1-4H. The molecule has 0 atom stereocenters. The number of nitrogens with zero attached hydrogens (tertiary/aromatic N) is 1. The molecule has 2 aromatic rings. The number of hydrogen-bond acceptors (Lipinski definition) is 3. The predicted octanol–water partition coefficient (Wildman–Crippen LogP) is 3.98. The normalized spacial score (nSPS) is 10.3. The van der Waals surface area contributed by atoms with E-state index in [9.17, 15) is 8.78 Å². The molecule has 1 aromatic carbocycles. The van der Waals surface area contributed by atoms with Gasteiger partial charge in [-0.05, 0) is 28.1 Å². The lowest BCUT2D eigenvalue weighted by Gasteiger charge is -2.02. The minimum atomic E-state index is -0.749. The van der Waals surface area contributed by atoms with E-state index in [1.807, 2.05) is 0 Å². The Kier molecular flexibility index (Phi) is 2.97. The molecule has 0 radical (unpaired) electrons. The van der Waals surface area contributed by atoms with Crippen LogP contribution in [0.4, 0.5) is 8.78 Å². The first-order chi connectivity index (χ1) is 7.15. The Hall–Kier alpha value is -1.01. The topological polar surface area (TPSA) is 22.1 Å². The Morgan fingerprint density at radius 1 is 1.33 bits per heavy atom. The summed E-state index contributed by atoms with van der Waals surface area (Å²) in [7, 11) is 0. The van der Waals surface area contributed by atoms with Crippen molar-refractivity contribution in [2.45, 2.75) is 0 Å². The zero-order chi connectivity index (χ0) is 10.8. The molecule has 1 heterocycles. The molecule has 0 N–H and O–H groups in total. The Balaban J connectivity index is 2.24. The largest absolute Gasteiger partial charge is 0.428 e. The van der Waals surface area contributed by atoms with E-state index >= 15 is 0 Å². The van der Waals surface area contributed by atoms with Crippen LogP contribution in [0.15, 0.2) is 28.2 Å². The first-order valence-corrected chi connectivity index (χ1v) is 5.56. The molecule has 0 aliphatic rings. The molecule has 0 aliphatic carbocycles. The van der Waals surface area contributed by atoms with Gasteiger partial charge in [0, 0.05) is 11.4 Å². The number of hydrogen-bond donors (Lipinski definition) is 0. The summed E-state index contributed by atoms with van der Waals surface area (Å²) in [5, 5.41) is 2.00. The summed E-state index contributed by atoms with van der Waals surface area (Å²) in [4.78, 5) is 3.92. The minimum absolute atomic E-state index is 0.0433. The van der Waals surface area contributed by atoms with Gasteiger partial charge in [-0.15, -0.1) is 0 Å². The minimum Gasteiger partial charge on any atom is -0.428 e. The van der Waals surface area contributed by atoms with Crippen molar-refractivity contribution in [2.24, 2.45) is 0 Å². The average Bonchev–Trinajstić information content (AvgIpc) is 2.56. The van der Waals surface area contributed by atoms with E-state index in [4.69, 9.17) is 4.74 Å². The fraction of sp³-hybridized carbons (Fsp3) is 0. The summed E-state index contributed by atoms with van der Waals surface area (Å²) < 4.78 is 31.5. The quantitative estimate of drug-likeness (QED) is 0.835. The highest BCUT2D eigenvalue weighted by Crippen LogP contribution is 2.28. The predicted molar refractivity (Wildman–Crippen MR) is 56.2 cm³/mol. The number of aromatic nitrogens is 1. The van der Waals surface area contributed by atoms with E-state index in [1.165, 1.54) is 17.4 Å². The first-order valence-electron chi connectivity index (χ1n) is 3.89. The van der Waals surface area contributed by atoms with Gasteiger partial charge in [-0.1, -0.05) is 11.3 Å². The smallest absolute Gasteiger partial charge is 0.279 e. The Bertz CT molecular complexity index is 489. The van der Waals surface area contributed by atoms with Crippen LogP contribution in [0.3, 0.4) is 0 Å². The van der Waals surface area contributed by atoms with Gasteiger partial charge in [0.1, 0.15) is 10.4 Å². The van der Waals surface area contributed by atoms with Crippen LogP contribution in [-0.4, -0.2) is 4.98 Å². The number of thiazole rings is 1. The molecule has 2 rings (SSSR count). The van der Waals surface area contributed by atoms with Crippen LogP contribution in [0.25, 0.3) is 0 Å². The lowest BCUT2D eigenvalue weighted by Crippen LogP contribution is -1.88. The van der Waals surface area contributed by atoms with Gasteiger partial charge >= 0.3 is 0 Å². The van der Waals surface area contributed by atoms with E-state index in [2.05, 4.69) is 20.9 Å². The van der Waals surface area contributed by atoms with Crippen molar-refractivity contribution in [1.29, 1.82) is 0 Å². The number of ether oxygens (including phenoxy) is 1. The highest BCUT2D eigenvalue weighted by molar-refractivity contribution is 9.10. The van der Waals surface area contributed by atoms with Crippen LogP contribution in [0.1, 0.15) is 0 Å². The second-order valence-electron chi connectivity index (χ2n) is 2.61. The molecule has 15 heavy (non-hydrogen) atoms. The molecule has 0 bridgehead atoms.